The summed E-state index contributed by atoms with van der Waals surface area (Å²) in [6.45, 7) is 9.55. The fourth-order valence-corrected chi connectivity index (χ4v) is 3.21. The summed E-state index contributed by atoms with van der Waals surface area (Å²) < 4.78 is 16.8. The number of carbonyl (C=O) groups is 1. The van der Waals surface area contributed by atoms with Crippen molar-refractivity contribution in [2.45, 2.75) is 51.8 Å². The molecule has 138 valence electrons. The lowest BCUT2D eigenvalue weighted by Gasteiger charge is -2.33. The lowest BCUT2D eigenvalue weighted by Crippen LogP contribution is -2.45. The SMILES string of the molecule is CC(C)(C)OC(=O)NC1CCN(Cc2cccc3c2OCCO3)CC1. The van der Waals surface area contributed by atoms with Crippen molar-refractivity contribution in [1.82, 2.24) is 10.2 Å². The number of alkyl carbamates (subject to hydrolysis) is 1. The topological polar surface area (TPSA) is 60.0 Å². The standard InChI is InChI=1S/C19H28N2O4/c1-19(2,3)25-18(22)20-15-7-9-21(10-8-15)13-14-5-4-6-16-17(14)24-12-11-23-16/h4-6,15H,7-13H2,1-3H3,(H,20,22). The molecule has 1 amide bonds. The molecule has 0 radical (unpaired) electrons. The number of rotatable bonds is 3. The molecule has 1 N–H and O–H groups in total. The van der Waals surface area contributed by atoms with Crippen LogP contribution in [-0.4, -0.2) is 48.9 Å². The number of nitrogens with zero attached hydrogens (tertiary/aromatic N) is 1. The average molecular weight is 348 g/mol. The number of para-hydroxylation sites is 1. The van der Waals surface area contributed by atoms with Crippen LogP contribution in [0.25, 0.3) is 0 Å². The van der Waals surface area contributed by atoms with Gasteiger partial charge in [-0.15, -0.1) is 0 Å². The molecule has 6 heteroatoms. The Hall–Kier alpha value is -1.95. The highest BCUT2D eigenvalue weighted by atomic mass is 16.6. The van der Waals surface area contributed by atoms with E-state index in [4.69, 9.17) is 14.2 Å². The van der Waals surface area contributed by atoms with E-state index in [-0.39, 0.29) is 12.1 Å². The number of carbonyl (C=O) groups excluding carboxylic acids is 1. The van der Waals surface area contributed by atoms with E-state index in [9.17, 15) is 4.79 Å². The van der Waals surface area contributed by atoms with Gasteiger partial charge in [-0.05, 0) is 39.7 Å². The highest BCUT2D eigenvalue weighted by Crippen LogP contribution is 2.34. The summed E-state index contributed by atoms with van der Waals surface area (Å²) in [5.74, 6) is 1.72. The van der Waals surface area contributed by atoms with Crippen molar-refractivity contribution in [2.75, 3.05) is 26.3 Å². The van der Waals surface area contributed by atoms with E-state index in [0.717, 1.165) is 49.5 Å². The van der Waals surface area contributed by atoms with Crippen molar-refractivity contribution < 1.29 is 19.0 Å². The van der Waals surface area contributed by atoms with E-state index in [0.29, 0.717) is 13.2 Å². The summed E-state index contributed by atoms with van der Waals surface area (Å²) >= 11 is 0. The van der Waals surface area contributed by atoms with Crippen molar-refractivity contribution in [2.24, 2.45) is 0 Å². The van der Waals surface area contributed by atoms with Gasteiger partial charge in [0.1, 0.15) is 18.8 Å². The zero-order valence-corrected chi connectivity index (χ0v) is 15.3. The minimum Gasteiger partial charge on any atom is -0.486 e. The maximum absolute atomic E-state index is 11.9. The average Bonchev–Trinajstić information content (AvgIpc) is 2.55. The summed E-state index contributed by atoms with van der Waals surface area (Å²) in [5, 5.41) is 2.98. The molecule has 0 spiro atoms. The minimum atomic E-state index is -0.459. The van der Waals surface area contributed by atoms with Crippen LogP contribution in [0.5, 0.6) is 11.5 Å². The molecule has 0 aliphatic carbocycles. The smallest absolute Gasteiger partial charge is 0.407 e. The van der Waals surface area contributed by atoms with Crippen LogP contribution in [0.1, 0.15) is 39.2 Å². The summed E-state index contributed by atoms with van der Waals surface area (Å²) in [4.78, 5) is 14.3. The largest absolute Gasteiger partial charge is 0.486 e. The summed E-state index contributed by atoms with van der Waals surface area (Å²) in [6.07, 6.45) is 1.52. The Morgan fingerprint density at radius 3 is 2.68 bits per heavy atom. The van der Waals surface area contributed by atoms with Crippen molar-refractivity contribution in [3.8, 4) is 11.5 Å². The summed E-state index contributed by atoms with van der Waals surface area (Å²) in [7, 11) is 0. The quantitative estimate of drug-likeness (QED) is 0.910. The Balaban J connectivity index is 1.49. The number of nitrogens with one attached hydrogen (secondary N) is 1. The lowest BCUT2D eigenvalue weighted by molar-refractivity contribution is 0.0477. The van der Waals surface area contributed by atoms with E-state index in [2.05, 4.69) is 16.3 Å². The van der Waals surface area contributed by atoms with Crippen LogP contribution >= 0.6 is 0 Å². The Labute approximate surface area is 149 Å². The lowest BCUT2D eigenvalue weighted by atomic mass is 10.0. The molecule has 2 aliphatic rings. The third-order valence-corrected chi connectivity index (χ3v) is 4.35. The van der Waals surface area contributed by atoms with Crippen molar-refractivity contribution in [3.05, 3.63) is 23.8 Å². The van der Waals surface area contributed by atoms with E-state index in [1.54, 1.807) is 0 Å². The highest BCUT2D eigenvalue weighted by Gasteiger charge is 2.25. The van der Waals surface area contributed by atoms with Crippen LogP contribution in [-0.2, 0) is 11.3 Å². The van der Waals surface area contributed by atoms with Crippen molar-refractivity contribution in [1.29, 1.82) is 0 Å². The van der Waals surface area contributed by atoms with E-state index in [1.807, 2.05) is 32.9 Å². The Morgan fingerprint density at radius 2 is 1.96 bits per heavy atom. The molecule has 0 atom stereocenters. The van der Waals surface area contributed by atoms with Crippen LogP contribution in [0, 0.1) is 0 Å². The maximum Gasteiger partial charge on any atom is 0.407 e. The van der Waals surface area contributed by atoms with Gasteiger partial charge in [-0.3, -0.25) is 4.90 Å². The van der Waals surface area contributed by atoms with Crippen LogP contribution in [0.15, 0.2) is 18.2 Å². The van der Waals surface area contributed by atoms with Gasteiger partial charge in [0.05, 0.1) is 0 Å². The fourth-order valence-electron chi connectivity index (χ4n) is 3.21. The molecule has 2 aliphatic heterocycles. The molecule has 1 fully saturated rings. The molecule has 0 saturated carbocycles. The van der Waals surface area contributed by atoms with Gasteiger partial charge in [-0.1, -0.05) is 12.1 Å². The van der Waals surface area contributed by atoms with Gasteiger partial charge < -0.3 is 19.5 Å². The Bertz CT molecular complexity index is 604. The van der Waals surface area contributed by atoms with Crippen LogP contribution in [0.4, 0.5) is 4.79 Å². The molecule has 2 heterocycles. The molecule has 1 saturated heterocycles. The number of piperidine rings is 1. The van der Waals surface area contributed by atoms with Gasteiger partial charge in [-0.25, -0.2) is 4.79 Å². The van der Waals surface area contributed by atoms with E-state index < -0.39 is 5.60 Å². The molecular formula is C19H28N2O4. The van der Waals surface area contributed by atoms with Gasteiger partial charge >= 0.3 is 6.09 Å². The molecule has 0 bridgehead atoms. The maximum atomic E-state index is 11.9. The first-order valence-electron chi connectivity index (χ1n) is 9.00. The Morgan fingerprint density at radius 1 is 1.24 bits per heavy atom. The number of fused-ring (bicyclic) bond motifs is 1. The molecule has 1 aromatic rings. The predicted molar refractivity (Wildman–Crippen MR) is 95.1 cm³/mol. The van der Waals surface area contributed by atoms with Gasteiger partial charge in [0.25, 0.3) is 0 Å². The number of benzene rings is 1. The van der Waals surface area contributed by atoms with E-state index in [1.165, 1.54) is 0 Å². The zero-order chi connectivity index (χ0) is 17.9. The third kappa shape index (κ3) is 5.01. The molecule has 25 heavy (non-hydrogen) atoms. The number of hydrogen-bond acceptors (Lipinski definition) is 5. The Kier molecular flexibility index (Phi) is 5.37. The molecular weight excluding hydrogens is 320 g/mol. The number of likely N-dealkylation sites (tertiary alicyclic amines) is 1. The molecule has 1 aromatic carbocycles. The highest BCUT2D eigenvalue weighted by molar-refractivity contribution is 5.68. The molecule has 0 aromatic heterocycles. The third-order valence-electron chi connectivity index (χ3n) is 4.35. The zero-order valence-electron chi connectivity index (χ0n) is 15.3. The molecule has 6 nitrogen and oxygen atoms in total. The first kappa shape index (κ1) is 17.9. The number of amides is 1. The normalized spacial score (nSPS) is 18.7. The second-order valence-corrected chi connectivity index (χ2v) is 7.64. The van der Waals surface area contributed by atoms with Gasteiger partial charge in [-0.2, -0.15) is 0 Å². The first-order valence-corrected chi connectivity index (χ1v) is 9.00. The number of ether oxygens (including phenoxy) is 3. The summed E-state index contributed by atoms with van der Waals surface area (Å²) in [6, 6.07) is 6.24. The van der Waals surface area contributed by atoms with Crippen LogP contribution < -0.4 is 14.8 Å². The number of hydrogen-bond donors (Lipinski definition) is 1. The van der Waals surface area contributed by atoms with Gasteiger partial charge in [0.15, 0.2) is 11.5 Å². The van der Waals surface area contributed by atoms with Crippen molar-refractivity contribution in [3.63, 3.8) is 0 Å². The minimum absolute atomic E-state index is 0.176. The molecule has 3 rings (SSSR count). The van der Waals surface area contributed by atoms with Gasteiger partial charge in [0, 0.05) is 31.2 Å². The first-order chi connectivity index (χ1) is 11.9. The van der Waals surface area contributed by atoms with Crippen LogP contribution in [0.2, 0.25) is 0 Å². The van der Waals surface area contributed by atoms with Crippen LogP contribution in [0.3, 0.4) is 0 Å². The molecule has 0 unspecified atom stereocenters. The van der Waals surface area contributed by atoms with Gasteiger partial charge in [0.2, 0.25) is 0 Å². The second-order valence-electron chi connectivity index (χ2n) is 7.64. The second kappa shape index (κ2) is 7.52. The van der Waals surface area contributed by atoms with E-state index >= 15 is 0 Å². The monoisotopic (exact) mass is 348 g/mol. The fraction of sp³-hybridized carbons (Fsp3) is 0.632. The predicted octanol–water partition coefficient (Wildman–Crippen LogP) is 2.95. The van der Waals surface area contributed by atoms with Crippen molar-refractivity contribution >= 4 is 6.09 Å². The summed E-state index contributed by atoms with van der Waals surface area (Å²) in [5.41, 5.74) is 0.704.